The summed E-state index contributed by atoms with van der Waals surface area (Å²) in [7, 11) is 0. The number of benzene rings is 1. The highest BCUT2D eigenvalue weighted by atomic mass is 17.0. The van der Waals surface area contributed by atoms with Crippen molar-refractivity contribution in [1.29, 1.82) is 0 Å². The summed E-state index contributed by atoms with van der Waals surface area (Å²) in [6.45, 7) is 0. The lowest BCUT2D eigenvalue weighted by molar-refractivity contribution is -0.711. The predicted molar refractivity (Wildman–Crippen MR) is 37.7 cm³/mol. The van der Waals surface area contributed by atoms with Crippen molar-refractivity contribution in [3.63, 3.8) is 0 Å². The lowest BCUT2D eigenvalue weighted by Gasteiger charge is -1.93. The second-order valence-electron chi connectivity index (χ2n) is 1.63. The molecule has 0 aliphatic carbocycles. The average molecular weight is 157 g/mol. The Kier molecular flexibility index (Phi) is 3.61. The minimum Gasteiger partial charge on any atom is -0.412 e. The van der Waals surface area contributed by atoms with E-state index in [4.69, 9.17) is 0 Å². The van der Waals surface area contributed by atoms with Crippen LogP contribution in [0.5, 0.6) is 5.75 Å². The van der Waals surface area contributed by atoms with E-state index in [1.807, 2.05) is 0 Å². The quantitative estimate of drug-likeness (QED) is 0.461. The minimum atomic E-state index is -0.838. The Morgan fingerprint density at radius 2 is 1.82 bits per heavy atom. The third-order valence-corrected chi connectivity index (χ3v) is 0.923. The highest BCUT2D eigenvalue weighted by Crippen LogP contribution is 2.07. The fraction of sp³-hybridized carbons (Fsp3) is 0. The van der Waals surface area contributed by atoms with Gasteiger partial charge in [-0.2, -0.15) is 0 Å². The predicted octanol–water partition coefficient (Wildman–Crippen LogP) is 0.432. The monoisotopic (exact) mass is 157 g/mol. The van der Waals surface area contributed by atoms with E-state index >= 15 is 0 Å². The Morgan fingerprint density at radius 3 is 2.27 bits per heavy atom. The van der Waals surface area contributed by atoms with Crippen molar-refractivity contribution in [3.05, 3.63) is 40.4 Å². The molecule has 0 saturated carbocycles. The summed E-state index contributed by atoms with van der Waals surface area (Å²) in [5.74, 6) is 0.243. The maximum Gasteiger partial charge on any atom is 0.299 e. The van der Waals surface area contributed by atoms with Gasteiger partial charge in [-0.1, -0.05) is 18.2 Å². The summed E-state index contributed by atoms with van der Waals surface area (Å²) in [5, 5.41) is 8.91. The molecule has 11 heavy (non-hydrogen) atoms. The van der Waals surface area contributed by atoms with Gasteiger partial charge in [-0.3, -0.25) is 4.84 Å². The number of rotatable bonds is 2. The van der Waals surface area contributed by atoms with Crippen molar-refractivity contribution in [3.8, 4) is 5.75 Å². The number of para-hydroxylation sites is 1. The van der Waals surface area contributed by atoms with Crippen LogP contribution in [0.4, 0.5) is 0 Å². The SMILES string of the molecule is O.O=[N+]([O-])Oc1ccccc1. The average Bonchev–Trinajstić information content (AvgIpc) is 1.88. The molecule has 0 aliphatic heterocycles. The fourth-order valence-corrected chi connectivity index (χ4v) is 0.567. The van der Waals surface area contributed by atoms with Crippen molar-refractivity contribution in [2.24, 2.45) is 0 Å². The maximum absolute atomic E-state index is 9.75. The van der Waals surface area contributed by atoms with Crippen LogP contribution in [-0.4, -0.2) is 10.6 Å². The molecule has 0 fully saturated rings. The summed E-state index contributed by atoms with van der Waals surface area (Å²) in [6, 6.07) is 8.12. The summed E-state index contributed by atoms with van der Waals surface area (Å²) < 4.78 is 0. The molecule has 5 nitrogen and oxygen atoms in total. The Labute approximate surface area is 62.6 Å². The van der Waals surface area contributed by atoms with Crippen LogP contribution in [0.2, 0.25) is 0 Å². The maximum atomic E-state index is 9.75. The first-order valence-electron chi connectivity index (χ1n) is 2.66. The van der Waals surface area contributed by atoms with E-state index < -0.39 is 5.09 Å². The molecule has 1 aromatic rings. The van der Waals surface area contributed by atoms with Crippen LogP contribution in [0.15, 0.2) is 30.3 Å². The third kappa shape index (κ3) is 3.17. The van der Waals surface area contributed by atoms with Crippen molar-refractivity contribution in [1.82, 2.24) is 0 Å². The Bertz CT molecular complexity index is 223. The van der Waals surface area contributed by atoms with Crippen LogP contribution in [0.1, 0.15) is 0 Å². The van der Waals surface area contributed by atoms with Gasteiger partial charge in [0.2, 0.25) is 0 Å². The molecule has 0 aliphatic rings. The number of hydrogen-bond donors (Lipinski definition) is 0. The van der Waals surface area contributed by atoms with Crippen LogP contribution in [0.3, 0.4) is 0 Å². The first-order chi connectivity index (χ1) is 4.79. The zero-order valence-electron chi connectivity index (χ0n) is 5.56. The molecule has 0 radical (unpaired) electrons. The van der Waals surface area contributed by atoms with Gasteiger partial charge in [-0.05, 0) is 12.1 Å². The molecule has 1 aromatic carbocycles. The molecule has 0 heterocycles. The fourth-order valence-electron chi connectivity index (χ4n) is 0.567. The Morgan fingerprint density at radius 1 is 1.27 bits per heavy atom. The highest BCUT2D eigenvalue weighted by Gasteiger charge is 1.94. The van der Waals surface area contributed by atoms with Crippen molar-refractivity contribution in [2.75, 3.05) is 0 Å². The van der Waals surface area contributed by atoms with Crippen molar-refractivity contribution in [2.45, 2.75) is 0 Å². The molecule has 0 amide bonds. The molecule has 5 heteroatoms. The normalized spacial score (nSPS) is 8.00. The first-order valence-corrected chi connectivity index (χ1v) is 2.66. The zero-order valence-corrected chi connectivity index (χ0v) is 5.56. The van der Waals surface area contributed by atoms with Crippen molar-refractivity contribution < 1.29 is 15.4 Å². The largest absolute Gasteiger partial charge is 0.412 e. The lowest BCUT2D eigenvalue weighted by atomic mass is 10.3. The van der Waals surface area contributed by atoms with Crippen LogP contribution in [-0.2, 0) is 0 Å². The first kappa shape index (κ1) is 9.38. The molecule has 60 valence electrons. The summed E-state index contributed by atoms with van der Waals surface area (Å²) >= 11 is 0. The zero-order chi connectivity index (χ0) is 7.40. The molecule has 1 rings (SSSR count). The van der Waals surface area contributed by atoms with E-state index in [9.17, 15) is 10.1 Å². The molecule has 0 aromatic heterocycles. The minimum absolute atomic E-state index is 0. The van der Waals surface area contributed by atoms with E-state index in [1.54, 1.807) is 18.2 Å². The Balaban J connectivity index is 0.000001000. The highest BCUT2D eigenvalue weighted by molar-refractivity contribution is 5.19. The summed E-state index contributed by atoms with van der Waals surface area (Å²) in [6.07, 6.45) is 0. The van der Waals surface area contributed by atoms with Gasteiger partial charge in [-0.15, -0.1) is 10.1 Å². The molecule has 0 atom stereocenters. The van der Waals surface area contributed by atoms with Gasteiger partial charge in [0, 0.05) is 0 Å². The molecule has 0 bridgehead atoms. The standard InChI is InChI=1S/C6H5NO3.H2O/c8-7(9)10-6-4-2-1-3-5-6;/h1-5H;1H2. The topological polar surface area (TPSA) is 83.9 Å². The van der Waals surface area contributed by atoms with E-state index in [2.05, 4.69) is 4.84 Å². The smallest absolute Gasteiger partial charge is 0.299 e. The van der Waals surface area contributed by atoms with E-state index in [0.717, 1.165) is 0 Å². The summed E-state index contributed by atoms with van der Waals surface area (Å²) in [4.78, 5) is 13.9. The van der Waals surface area contributed by atoms with Gasteiger partial charge >= 0.3 is 0 Å². The van der Waals surface area contributed by atoms with Gasteiger partial charge in [0.15, 0.2) is 0 Å². The molecular formula is C6H7NO4. The molecule has 0 spiro atoms. The van der Waals surface area contributed by atoms with E-state index in [1.165, 1.54) is 12.1 Å². The van der Waals surface area contributed by atoms with Crippen LogP contribution in [0.25, 0.3) is 0 Å². The van der Waals surface area contributed by atoms with Crippen LogP contribution >= 0.6 is 0 Å². The van der Waals surface area contributed by atoms with E-state index in [0.29, 0.717) is 0 Å². The van der Waals surface area contributed by atoms with Crippen LogP contribution in [0, 0.1) is 10.1 Å². The van der Waals surface area contributed by atoms with Gasteiger partial charge in [0.05, 0.1) is 0 Å². The molecular weight excluding hydrogens is 150 g/mol. The number of hydrogen-bond acceptors (Lipinski definition) is 3. The second kappa shape index (κ2) is 4.24. The van der Waals surface area contributed by atoms with Gasteiger partial charge in [-0.25, -0.2) is 0 Å². The molecule has 2 N–H and O–H groups in total. The molecule has 0 unspecified atom stereocenters. The summed E-state index contributed by atoms with van der Waals surface area (Å²) in [5.41, 5.74) is 0. The second-order valence-corrected chi connectivity index (χ2v) is 1.63. The third-order valence-electron chi connectivity index (χ3n) is 0.923. The van der Waals surface area contributed by atoms with E-state index in [-0.39, 0.29) is 11.2 Å². The van der Waals surface area contributed by atoms with Gasteiger partial charge < -0.3 is 5.48 Å². The van der Waals surface area contributed by atoms with Crippen molar-refractivity contribution >= 4 is 0 Å². The number of nitrogens with zero attached hydrogens (tertiary/aromatic N) is 1. The lowest BCUT2D eigenvalue weighted by Crippen LogP contribution is -2.02. The van der Waals surface area contributed by atoms with Crippen LogP contribution < -0.4 is 4.84 Å². The van der Waals surface area contributed by atoms with Gasteiger partial charge in [0.1, 0.15) is 5.75 Å². The Hall–Kier alpha value is -1.62. The van der Waals surface area contributed by atoms with Gasteiger partial charge in [0.25, 0.3) is 5.09 Å². The molecule has 0 saturated heterocycles.